The van der Waals surface area contributed by atoms with Gasteiger partial charge in [-0.3, -0.25) is 4.79 Å². The second-order valence-electron chi connectivity index (χ2n) is 4.54. The maximum atomic E-state index is 12.3. The van der Waals surface area contributed by atoms with E-state index in [1.54, 1.807) is 4.90 Å². The zero-order valence-electron chi connectivity index (χ0n) is 10.4. The minimum atomic E-state index is -0.557. The van der Waals surface area contributed by atoms with Gasteiger partial charge in [0.2, 0.25) is 5.91 Å². The zero-order valence-corrected chi connectivity index (χ0v) is 10.4. The molecule has 0 spiro atoms. The topological polar surface area (TPSA) is 88.2 Å². The highest BCUT2D eigenvalue weighted by Crippen LogP contribution is 2.16. The summed E-state index contributed by atoms with van der Waals surface area (Å²) in [5.74, 6) is -0.656. The summed E-state index contributed by atoms with van der Waals surface area (Å²) >= 11 is 0. The SMILES string of the molecule is CC(C)C(C(=O)N1CCCOCC1)C(N)=NO. The number of carbonyl (C=O) groups is 1. The van der Waals surface area contributed by atoms with Crippen LogP contribution in [-0.4, -0.2) is 48.2 Å². The largest absolute Gasteiger partial charge is 0.409 e. The lowest BCUT2D eigenvalue weighted by molar-refractivity contribution is -0.134. The molecule has 1 atom stereocenters. The van der Waals surface area contributed by atoms with Gasteiger partial charge in [-0.1, -0.05) is 19.0 Å². The van der Waals surface area contributed by atoms with E-state index in [1.807, 2.05) is 13.8 Å². The molecule has 1 rings (SSSR count). The zero-order chi connectivity index (χ0) is 12.8. The van der Waals surface area contributed by atoms with Crippen molar-refractivity contribution in [1.29, 1.82) is 0 Å². The summed E-state index contributed by atoms with van der Waals surface area (Å²) in [5.41, 5.74) is 5.59. The molecule has 6 heteroatoms. The average Bonchev–Trinajstić information content (AvgIpc) is 2.56. The van der Waals surface area contributed by atoms with E-state index in [4.69, 9.17) is 15.7 Å². The first-order valence-corrected chi connectivity index (χ1v) is 5.92. The lowest BCUT2D eigenvalue weighted by Gasteiger charge is -2.27. The minimum absolute atomic E-state index is 0.00238. The normalized spacial score (nSPS) is 20.2. The van der Waals surface area contributed by atoms with Crippen molar-refractivity contribution < 1.29 is 14.7 Å². The van der Waals surface area contributed by atoms with E-state index >= 15 is 0 Å². The Balaban J connectivity index is 2.76. The van der Waals surface area contributed by atoms with E-state index in [0.29, 0.717) is 26.3 Å². The standard InChI is InChI=1S/C11H21N3O3/c1-8(2)9(10(12)13-16)11(15)14-4-3-6-17-7-5-14/h8-9,16H,3-7H2,1-2H3,(H2,12,13). The van der Waals surface area contributed by atoms with E-state index in [2.05, 4.69) is 5.16 Å². The van der Waals surface area contributed by atoms with Gasteiger partial charge in [0, 0.05) is 19.7 Å². The molecule has 1 amide bonds. The molecule has 0 radical (unpaired) electrons. The summed E-state index contributed by atoms with van der Waals surface area (Å²) in [6, 6.07) is 0. The second kappa shape index (κ2) is 6.44. The third-order valence-corrected chi connectivity index (χ3v) is 2.90. The number of nitrogens with zero attached hydrogens (tertiary/aromatic N) is 2. The van der Waals surface area contributed by atoms with Crippen LogP contribution in [0.4, 0.5) is 0 Å². The van der Waals surface area contributed by atoms with Crippen LogP contribution in [0.25, 0.3) is 0 Å². The number of oxime groups is 1. The highest BCUT2D eigenvalue weighted by atomic mass is 16.5. The Labute approximate surface area is 101 Å². The highest BCUT2D eigenvalue weighted by Gasteiger charge is 2.31. The van der Waals surface area contributed by atoms with Gasteiger partial charge in [0.1, 0.15) is 5.92 Å². The lowest BCUT2D eigenvalue weighted by atomic mass is 9.93. The van der Waals surface area contributed by atoms with Gasteiger partial charge in [-0.2, -0.15) is 0 Å². The predicted octanol–water partition coefficient (Wildman–Crippen LogP) is 0.254. The number of carbonyl (C=O) groups excluding carboxylic acids is 1. The van der Waals surface area contributed by atoms with Crippen molar-refractivity contribution >= 4 is 11.7 Å². The van der Waals surface area contributed by atoms with Crippen LogP contribution in [0.3, 0.4) is 0 Å². The fourth-order valence-electron chi connectivity index (χ4n) is 1.98. The van der Waals surface area contributed by atoms with Gasteiger partial charge in [0.25, 0.3) is 0 Å². The molecule has 0 aromatic rings. The summed E-state index contributed by atoms with van der Waals surface area (Å²) < 4.78 is 5.30. The van der Waals surface area contributed by atoms with Gasteiger partial charge < -0.3 is 20.6 Å². The van der Waals surface area contributed by atoms with Crippen LogP contribution in [-0.2, 0) is 9.53 Å². The van der Waals surface area contributed by atoms with E-state index in [-0.39, 0.29) is 17.7 Å². The average molecular weight is 243 g/mol. The predicted molar refractivity (Wildman–Crippen MR) is 63.8 cm³/mol. The number of nitrogens with two attached hydrogens (primary N) is 1. The fraction of sp³-hybridized carbons (Fsp3) is 0.818. The van der Waals surface area contributed by atoms with E-state index < -0.39 is 5.92 Å². The summed E-state index contributed by atoms with van der Waals surface area (Å²) in [6.07, 6.45) is 0.826. The number of hydrogen-bond acceptors (Lipinski definition) is 4. The molecular formula is C11H21N3O3. The molecule has 1 unspecified atom stereocenters. The van der Waals surface area contributed by atoms with Crippen LogP contribution in [0.1, 0.15) is 20.3 Å². The number of rotatable bonds is 3. The molecule has 1 heterocycles. The molecule has 98 valence electrons. The van der Waals surface area contributed by atoms with Gasteiger partial charge >= 0.3 is 0 Å². The molecule has 1 saturated heterocycles. The molecule has 1 aliphatic rings. The van der Waals surface area contributed by atoms with Crippen LogP contribution < -0.4 is 5.73 Å². The molecule has 6 nitrogen and oxygen atoms in total. The van der Waals surface area contributed by atoms with E-state index in [9.17, 15) is 4.79 Å². The Morgan fingerprint density at radius 2 is 2.12 bits per heavy atom. The molecule has 0 aliphatic carbocycles. The van der Waals surface area contributed by atoms with Crippen LogP contribution in [0.5, 0.6) is 0 Å². The first-order chi connectivity index (χ1) is 8.07. The van der Waals surface area contributed by atoms with Gasteiger partial charge in [0.15, 0.2) is 5.84 Å². The first-order valence-electron chi connectivity index (χ1n) is 5.92. The van der Waals surface area contributed by atoms with Crippen molar-refractivity contribution in [2.24, 2.45) is 22.7 Å². The third-order valence-electron chi connectivity index (χ3n) is 2.90. The van der Waals surface area contributed by atoms with Crippen molar-refractivity contribution in [1.82, 2.24) is 4.90 Å². The highest BCUT2D eigenvalue weighted by molar-refractivity contribution is 6.02. The Bertz CT molecular complexity index is 284. The molecule has 1 aliphatic heterocycles. The lowest BCUT2D eigenvalue weighted by Crippen LogP contribution is -2.45. The maximum absolute atomic E-state index is 12.3. The summed E-state index contributed by atoms with van der Waals surface area (Å²) in [4.78, 5) is 14.0. The summed E-state index contributed by atoms with van der Waals surface area (Å²) in [7, 11) is 0. The van der Waals surface area contributed by atoms with Crippen molar-refractivity contribution in [3.05, 3.63) is 0 Å². The van der Waals surface area contributed by atoms with E-state index in [0.717, 1.165) is 6.42 Å². The quantitative estimate of drug-likeness (QED) is 0.322. The Morgan fingerprint density at radius 3 is 2.71 bits per heavy atom. The number of amides is 1. The Hall–Kier alpha value is -1.30. The van der Waals surface area contributed by atoms with Crippen molar-refractivity contribution in [3.63, 3.8) is 0 Å². The van der Waals surface area contributed by atoms with Gasteiger partial charge in [-0.05, 0) is 12.3 Å². The van der Waals surface area contributed by atoms with Gasteiger partial charge in [-0.15, -0.1) is 0 Å². The number of amidine groups is 1. The third kappa shape index (κ3) is 3.59. The summed E-state index contributed by atoms with van der Waals surface area (Å²) in [5, 5.41) is 11.7. The number of ether oxygens (including phenoxy) is 1. The van der Waals surface area contributed by atoms with E-state index in [1.165, 1.54) is 0 Å². The van der Waals surface area contributed by atoms with Crippen LogP contribution in [0.2, 0.25) is 0 Å². The van der Waals surface area contributed by atoms with Crippen LogP contribution in [0.15, 0.2) is 5.16 Å². The molecule has 0 bridgehead atoms. The fourth-order valence-corrected chi connectivity index (χ4v) is 1.98. The molecular weight excluding hydrogens is 222 g/mol. The van der Waals surface area contributed by atoms with Crippen molar-refractivity contribution in [2.75, 3.05) is 26.3 Å². The Morgan fingerprint density at radius 1 is 1.41 bits per heavy atom. The van der Waals surface area contributed by atoms with Crippen LogP contribution in [0, 0.1) is 11.8 Å². The first kappa shape index (κ1) is 13.8. The molecule has 1 fully saturated rings. The van der Waals surface area contributed by atoms with Crippen LogP contribution >= 0.6 is 0 Å². The Kier molecular flexibility index (Phi) is 5.21. The second-order valence-corrected chi connectivity index (χ2v) is 4.54. The van der Waals surface area contributed by atoms with Crippen molar-refractivity contribution in [3.8, 4) is 0 Å². The smallest absolute Gasteiger partial charge is 0.233 e. The minimum Gasteiger partial charge on any atom is -0.409 e. The van der Waals surface area contributed by atoms with Gasteiger partial charge in [-0.25, -0.2) is 0 Å². The molecule has 0 saturated carbocycles. The molecule has 17 heavy (non-hydrogen) atoms. The van der Waals surface area contributed by atoms with Gasteiger partial charge in [0.05, 0.1) is 6.61 Å². The maximum Gasteiger partial charge on any atom is 0.233 e. The molecule has 3 N–H and O–H groups in total. The summed E-state index contributed by atoms with van der Waals surface area (Å²) in [6.45, 7) is 6.23. The molecule has 0 aromatic heterocycles. The monoisotopic (exact) mass is 243 g/mol. The van der Waals surface area contributed by atoms with Crippen molar-refractivity contribution in [2.45, 2.75) is 20.3 Å². The number of hydrogen-bond donors (Lipinski definition) is 2. The molecule has 0 aromatic carbocycles.